The molecule has 0 bridgehead atoms. The molecule has 108 valence electrons. The molecule has 0 aromatic heterocycles. The van der Waals surface area contributed by atoms with Gasteiger partial charge < -0.3 is 20.9 Å². The van der Waals surface area contributed by atoms with E-state index in [9.17, 15) is 18.8 Å². The molecule has 0 saturated heterocycles. The largest absolute Gasteiger partial charge is 0.484 e. The van der Waals surface area contributed by atoms with Crippen molar-refractivity contribution in [1.82, 2.24) is 5.32 Å². The van der Waals surface area contributed by atoms with Crippen molar-refractivity contribution in [2.75, 3.05) is 6.61 Å². The normalized spacial score (nSPS) is 11.4. The third kappa shape index (κ3) is 5.34. The summed E-state index contributed by atoms with van der Waals surface area (Å²) in [5.41, 5.74) is 4.86. The minimum Gasteiger partial charge on any atom is -0.484 e. The van der Waals surface area contributed by atoms with Crippen LogP contribution in [0.2, 0.25) is 0 Å². The summed E-state index contributed by atoms with van der Waals surface area (Å²) in [4.78, 5) is 32.9. The number of nitrogens with one attached hydrogen (secondary N) is 1. The van der Waals surface area contributed by atoms with E-state index in [1.54, 1.807) is 0 Å². The summed E-state index contributed by atoms with van der Waals surface area (Å²) in [6.07, 6.45) is -0.527. The van der Waals surface area contributed by atoms with Crippen LogP contribution in [0, 0.1) is 5.82 Å². The van der Waals surface area contributed by atoms with Crippen molar-refractivity contribution in [3.8, 4) is 5.75 Å². The smallest absolute Gasteiger partial charge is 0.326 e. The third-order valence-electron chi connectivity index (χ3n) is 2.20. The molecule has 8 heteroatoms. The minimum absolute atomic E-state index is 0.127. The van der Waals surface area contributed by atoms with Gasteiger partial charge in [0.05, 0.1) is 6.42 Å². The molecule has 0 spiro atoms. The van der Waals surface area contributed by atoms with Gasteiger partial charge in [0.25, 0.3) is 5.91 Å². The maximum Gasteiger partial charge on any atom is 0.326 e. The van der Waals surface area contributed by atoms with Crippen LogP contribution in [0.25, 0.3) is 0 Å². The van der Waals surface area contributed by atoms with Crippen molar-refractivity contribution in [3.63, 3.8) is 0 Å². The number of primary amides is 1. The predicted octanol–water partition coefficient (Wildman–Crippen LogP) is -0.351. The van der Waals surface area contributed by atoms with Crippen LogP contribution < -0.4 is 15.8 Å². The number of nitrogens with two attached hydrogens (primary N) is 1. The van der Waals surface area contributed by atoms with Crippen LogP contribution in [0.15, 0.2) is 24.3 Å². The molecule has 1 aromatic rings. The van der Waals surface area contributed by atoms with Crippen molar-refractivity contribution in [2.24, 2.45) is 5.73 Å². The van der Waals surface area contributed by atoms with E-state index < -0.39 is 42.7 Å². The first-order chi connectivity index (χ1) is 9.38. The van der Waals surface area contributed by atoms with Crippen LogP contribution in [0.3, 0.4) is 0 Å². The van der Waals surface area contributed by atoms with Gasteiger partial charge in [0.15, 0.2) is 6.61 Å². The number of carboxylic acid groups (broad SMARTS) is 1. The number of ether oxygens (including phenoxy) is 1. The zero-order valence-corrected chi connectivity index (χ0v) is 10.3. The Morgan fingerprint density at radius 2 is 2.10 bits per heavy atom. The molecule has 4 N–H and O–H groups in total. The molecule has 0 fully saturated rings. The first-order valence-electron chi connectivity index (χ1n) is 5.57. The number of carbonyl (C=O) groups is 3. The van der Waals surface area contributed by atoms with E-state index in [0.29, 0.717) is 0 Å². The van der Waals surface area contributed by atoms with Crippen LogP contribution >= 0.6 is 0 Å². The summed E-state index contributed by atoms with van der Waals surface area (Å²) in [6.45, 7) is -0.508. The summed E-state index contributed by atoms with van der Waals surface area (Å²) in [6, 6.07) is 3.70. The molecule has 20 heavy (non-hydrogen) atoms. The number of hydrogen-bond acceptors (Lipinski definition) is 4. The van der Waals surface area contributed by atoms with E-state index in [4.69, 9.17) is 15.6 Å². The van der Waals surface area contributed by atoms with Crippen molar-refractivity contribution in [2.45, 2.75) is 12.5 Å². The average molecular weight is 284 g/mol. The van der Waals surface area contributed by atoms with Crippen LogP contribution in [0.1, 0.15) is 6.42 Å². The number of amides is 2. The van der Waals surface area contributed by atoms with Crippen LogP contribution in [0.5, 0.6) is 5.75 Å². The first kappa shape index (κ1) is 15.4. The average Bonchev–Trinajstić information content (AvgIpc) is 2.35. The van der Waals surface area contributed by atoms with Crippen molar-refractivity contribution < 1.29 is 28.6 Å². The number of carbonyl (C=O) groups excluding carboxylic acids is 2. The number of benzene rings is 1. The molecule has 0 heterocycles. The summed E-state index contributed by atoms with van der Waals surface area (Å²) < 4.78 is 17.8. The lowest BCUT2D eigenvalue weighted by Gasteiger charge is -2.13. The third-order valence-corrected chi connectivity index (χ3v) is 2.20. The monoisotopic (exact) mass is 284 g/mol. The summed E-state index contributed by atoms with van der Waals surface area (Å²) in [7, 11) is 0. The quantitative estimate of drug-likeness (QED) is 0.632. The lowest BCUT2D eigenvalue weighted by Crippen LogP contribution is -2.45. The van der Waals surface area contributed by atoms with E-state index in [-0.39, 0.29) is 5.75 Å². The molecule has 1 aromatic carbocycles. The first-order valence-corrected chi connectivity index (χ1v) is 5.57. The molecule has 1 atom stereocenters. The fourth-order valence-electron chi connectivity index (χ4n) is 1.34. The van der Waals surface area contributed by atoms with Gasteiger partial charge in [-0.15, -0.1) is 0 Å². The number of hydrogen-bond donors (Lipinski definition) is 3. The Balaban J connectivity index is 2.49. The van der Waals surface area contributed by atoms with E-state index in [0.717, 1.165) is 6.07 Å². The number of rotatable bonds is 7. The van der Waals surface area contributed by atoms with E-state index in [1.165, 1.54) is 18.2 Å². The van der Waals surface area contributed by atoms with Gasteiger partial charge >= 0.3 is 5.97 Å². The Labute approximate surface area is 113 Å². The van der Waals surface area contributed by atoms with Crippen LogP contribution in [-0.4, -0.2) is 35.5 Å². The molecule has 0 unspecified atom stereocenters. The van der Waals surface area contributed by atoms with Crippen LogP contribution in [0.4, 0.5) is 4.39 Å². The van der Waals surface area contributed by atoms with Gasteiger partial charge in [-0.25, -0.2) is 9.18 Å². The maximum atomic E-state index is 12.8. The fourth-order valence-corrected chi connectivity index (χ4v) is 1.34. The molecule has 7 nitrogen and oxygen atoms in total. The molecule has 0 aliphatic rings. The molecular weight excluding hydrogens is 271 g/mol. The van der Waals surface area contributed by atoms with E-state index in [2.05, 4.69) is 5.32 Å². The highest BCUT2D eigenvalue weighted by atomic mass is 19.1. The minimum atomic E-state index is -1.42. The molecule has 0 aliphatic carbocycles. The summed E-state index contributed by atoms with van der Waals surface area (Å²) in [5.74, 6) is -3.41. The Kier molecular flexibility index (Phi) is 5.45. The van der Waals surface area contributed by atoms with Gasteiger partial charge in [-0.05, 0) is 12.1 Å². The molecule has 0 radical (unpaired) electrons. The standard InChI is InChI=1S/C12H13FN2O5/c13-7-2-1-3-8(4-7)20-6-11(17)15-9(12(18)19)5-10(14)16/h1-4,9H,5-6H2,(H2,14,16)(H,15,17)(H,18,19)/t9-/m0/s1. The second kappa shape index (κ2) is 7.07. The van der Waals surface area contributed by atoms with Gasteiger partial charge in [0.1, 0.15) is 17.6 Å². The highest BCUT2D eigenvalue weighted by molar-refractivity contribution is 5.88. The number of aliphatic carboxylic acids is 1. The van der Waals surface area contributed by atoms with Gasteiger partial charge in [-0.3, -0.25) is 9.59 Å². The van der Waals surface area contributed by atoms with Crippen LogP contribution in [-0.2, 0) is 14.4 Å². The zero-order valence-electron chi connectivity index (χ0n) is 10.3. The lowest BCUT2D eigenvalue weighted by molar-refractivity contribution is -0.143. The Hall–Kier alpha value is -2.64. The Morgan fingerprint density at radius 1 is 1.40 bits per heavy atom. The van der Waals surface area contributed by atoms with Gasteiger partial charge in [-0.1, -0.05) is 6.07 Å². The Morgan fingerprint density at radius 3 is 2.65 bits per heavy atom. The topological polar surface area (TPSA) is 119 Å². The fraction of sp³-hybridized carbons (Fsp3) is 0.250. The Bertz CT molecular complexity index is 520. The molecule has 2 amide bonds. The van der Waals surface area contributed by atoms with Crippen molar-refractivity contribution in [1.29, 1.82) is 0 Å². The summed E-state index contributed by atoms with van der Waals surface area (Å²) in [5, 5.41) is 10.9. The number of halogens is 1. The van der Waals surface area contributed by atoms with Crippen molar-refractivity contribution in [3.05, 3.63) is 30.1 Å². The predicted molar refractivity (Wildman–Crippen MR) is 65.3 cm³/mol. The maximum absolute atomic E-state index is 12.8. The van der Waals surface area contributed by atoms with E-state index in [1.807, 2.05) is 0 Å². The SMILES string of the molecule is NC(=O)C[C@H](NC(=O)COc1cccc(F)c1)C(=O)O. The second-order valence-electron chi connectivity index (χ2n) is 3.87. The van der Waals surface area contributed by atoms with Gasteiger partial charge in [0.2, 0.25) is 5.91 Å². The highest BCUT2D eigenvalue weighted by Crippen LogP contribution is 2.11. The van der Waals surface area contributed by atoms with Crippen molar-refractivity contribution >= 4 is 17.8 Å². The molecular formula is C12H13FN2O5. The lowest BCUT2D eigenvalue weighted by atomic mass is 10.2. The van der Waals surface area contributed by atoms with Gasteiger partial charge in [0, 0.05) is 6.07 Å². The molecule has 0 aliphatic heterocycles. The van der Waals surface area contributed by atoms with E-state index >= 15 is 0 Å². The van der Waals surface area contributed by atoms with Gasteiger partial charge in [-0.2, -0.15) is 0 Å². The summed E-state index contributed by atoms with van der Waals surface area (Å²) >= 11 is 0. The zero-order chi connectivity index (χ0) is 15.1. The molecule has 1 rings (SSSR count). The highest BCUT2D eigenvalue weighted by Gasteiger charge is 2.22. The second-order valence-corrected chi connectivity index (χ2v) is 3.87. The molecule has 0 saturated carbocycles. The number of carboxylic acids is 1.